The third-order valence-corrected chi connectivity index (χ3v) is 3.17. The van der Waals surface area contributed by atoms with E-state index in [-0.39, 0.29) is 11.9 Å². The van der Waals surface area contributed by atoms with E-state index in [4.69, 9.17) is 10.6 Å². The Morgan fingerprint density at radius 2 is 2.57 bits per heavy atom. The highest BCUT2D eigenvalue weighted by Crippen LogP contribution is 2.30. The largest absolute Gasteiger partial charge is 0.375 e. The molecule has 2 aliphatic heterocycles. The monoisotopic (exact) mass is 199 g/mol. The van der Waals surface area contributed by atoms with Crippen molar-refractivity contribution in [2.24, 2.45) is 5.84 Å². The Hall–Kier alpha value is -0.650. The Labute approximate surface area is 83.5 Å². The lowest BCUT2D eigenvalue weighted by Gasteiger charge is -2.32. The Kier molecular flexibility index (Phi) is 2.71. The van der Waals surface area contributed by atoms with Crippen molar-refractivity contribution in [3.05, 3.63) is 0 Å². The number of rotatable bonds is 3. The van der Waals surface area contributed by atoms with Gasteiger partial charge in [0.05, 0.1) is 18.8 Å². The first-order valence-corrected chi connectivity index (χ1v) is 5.14. The number of hydrogen-bond acceptors (Lipinski definition) is 4. The van der Waals surface area contributed by atoms with Gasteiger partial charge in [0.1, 0.15) is 0 Å². The fourth-order valence-corrected chi connectivity index (χ4v) is 2.48. The normalized spacial score (nSPS) is 33.3. The molecule has 2 fully saturated rings. The molecule has 3 atom stereocenters. The molecule has 0 aromatic carbocycles. The van der Waals surface area contributed by atoms with Crippen molar-refractivity contribution in [1.29, 1.82) is 0 Å². The van der Waals surface area contributed by atoms with Crippen LogP contribution in [0.1, 0.15) is 19.8 Å². The van der Waals surface area contributed by atoms with E-state index in [2.05, 4.69) is 10.3 Å². The summed E-state index contributed by atoms with van der Waals surface area (Å²) in [4.78, 5) is 13.7. The molecule has 5 nitrogen and oxygen atoms in total. The molecular formula is C9H17N3O2. The van der Waals surface area contributed by atoms with Crippen molar-refractivity contribution < 1.29 is 9.53 Å². The minimum Gasteiger partial charge on any atom is -0.375 e. The van der Waals surface area contributed by atoms with Crippen LogP contribution in [0.2, 0.25) is 0 Å². The summed E-state index contributed by atoms with van der Waals surface area (Å²) in [5, 5.41) is 0. The molecule has 0 aliphatic carbocycles. The predicted octanol–water partition coefficient (Wildman–Crippen LogP) is -0.772. The van der Waals surface area contributed by atoms with E-state index in [1.54, 1.807) is 0 Å². The van der Waals surface area contributed by atoms with Gasteiger partial charge in [-0.15, -0.1) is 0 Å². The van der Waals surface area contributed by atoms with Crippen LogP contribution in [-0.2, 0) is 9.53 Å². The van der Waals surface area contributed by atoms with Gasteiger partial charge in [0.15, 0.2) is 0 Å². The van der Waals surface area contributed by atoms with Crippen LogP contribution in [0.4, 0.5) is 0 Å². The van der Waals surface area contributed by atoms with Crippen LogP contribution in [0.5, 0.6) is 0 Å². The van der Waals surface area contributed by atoms with Crippen molar-refractivity contribution in [3.8, 4) is 0 Å². The quantitative estimate of drug-likeness (QED) is 0.356. The van der Waals surface area contributed by atoms with E-state index in [0.29, 0.717) is 12.1 Å². The number of nitrogens with two attached hydrogens (primary N) is 1. The molecule has 2 aliphatic rings. The van der Waals surface area contributed by atoms with Gasteiger partial charge in [-0.1, -0.05) is 6.92 Å². The van der Waals surface area contributed by atoms with Gasteiger partial charge in [0.2, 0.25) is 0 Å². The van der Waals surface area contributed by atoms with E-state index < -0.39 is 0 Å². The van der Waals surface area contributed by atoms with Crippen molar-refractivity contribution in [1.82, 2.24) is 10.3 Å². The Morgan fingerprint density at radius 3 is 3.00 bits per heavy atom. The molecule has 2 saturated heterocycles. The van der Waals surface area contributed by atoms with Gasteiger partial charge < -0.3 is 4.74 Å². The number of ether oxygens (including phenoxy) is 1. The maximum atomic E-state index is 11.5. The van der Waals surface area contributed by atoms with Crippen LogP contribution >= 0.6 is 0 Å². The second-order valence-corrected chi connectivity index (χ2v) is 3.97. The highest BCUT2D eigenvalue weighted by Gasteiger charge is 2.43. The number of hydrogen-bond donors (Lipinski definition) is 2. The van der Waals surface area contributed by atoms with E-state index >= 15 is 0 Å². The zero-order valence-corrected chi connectivity index (χ0v) is 8.40. The lowest BCUT2D eigenvalue weighted by molar-refractivity contribution is -0.128. The number of hydrazine groups is 1. The smallest absolute Gasteiger partial charge is 0.251 e. The number of amides is 1. The van der Waals surface area contributed by atoms with E-state index in [0.717, 1.165) is 26.0 Å². The minimum atomic E-state index is -0.0844. The number of carbonyl (C=O) groups is 1. The van der Waals surface area contributed by atoms with Gasteiger partial charge in [0, 0.05) is 12.6 Å². The molecule has 2 bridgehead atoms. The zero-order chi connectivity index (χ0) is 10.1. The van der Waals surface area contributed by atoms with Gasteiger partial charge in [-0.2, -0.15) is 0 Å². The number of morpholine rings is 1. The summed E-state index contributed by atoms with van der Waals surface area (Å²) in [6.45, 7) is 3.64. The highest BCUT2D eigenvalue weighted by molar-refractivity contribution is 5.81. The molecular weight excluding hydrogens is 182 g/mol. The summed E-state index contributed by atoms with van der Waals surface area (Å²) in [5.41, 5.74) is 2.23. The van der Waals surface area contributed by atoms with E-state index in [1.165, 1.54) is 0 Å². The standard InChI is InChI=1S/C9H17N3O2/c1-2-8(9(13)11-10)12-4-7-3-6(12)5-14-7/h6-8H,2-5,10H2,1H3,(H,11,13). The van der Waals surface area contributed by atoms with E-state index in [1.807, 2.05) is 6.92 Å². The van der Waals surface area contributed by atoms with Crippen LogP contribution in [0.15, 0.2) is 0 Å². The Balaban J connectivity index is 2.02. The fourth-order valence-electron chi connectivity index (χ4n) is 2.48. The van der Waals surface area contributed by atoms with Gasteiger partial charge in [-0.25, -0.2) is 5.84 Å². The number of nitrogens with zero attached hydrogens (tertiary/aromatic N) is 1. The lowest BCUT2D eigenvalue weighted by atomic mass is 10.1. The summed E-state index contributed by atoms with van der Waals surface area (Å²) < 4.78 is 5.49. The average Bonchev–Trinajstić information content (AvgIpc) is 2.80. The summed E-state index contributed by atoms with van der Waals surface area (Å²) in [6.07, 6.45) is 2.19. The number of fused-ring (bicyclic) bond motifs is 2. The van der Waals surface area contributed by atoms with Crippen LogP contribution < -0.4 is 11.3 Å². The number of nitrogens with one attached hydrogen (secondary N) is 1. The molecule has 2 rings (SSSR count). The fraction of sp³-hybridized carbons (Fsp3) is 0.889. The lowest BCUT2D eigenvalue weighted by Crippen LogP contribution is -2.52. The molecule has 0 spiro atoms. The number of likely N-dealkylation sites (tertiary alicyclic amines) is 1. The number of carbonyl (C=O) groups excluding carboxylic acids is 1. The van der Waals surface area contributed by atoms with E-state index in [9.17, 15) is 4.79 Å². The van der Waals surface area contributed by atoms with Crippen LogP contribution in [0.25, 0.3) is 0 Å². The molecule has 5 heteroatoms. The van der Waals surface area contributed by atoms with Gasteiger partial charge in [0.25, 0.3) is 5.91 Å². The molecule has 0 saturated carbocycles. The first-order chi connectivity index (χ1) is 6.76. The third kappa shape index (κ3) is 1.51. The predicted molar refractivity (Wildman–Crippen MR) is 51.3 cm³/mol. The maximum Gasteiger partial charge on any atom is 0.251 e. The highest BCUT2D eigenvalue weighted by atomic mass is 16.5. The SMILES string of the molecule is CCC(C(=O)NN)N1CC2CC1CO2. The molecule has 0 aromatic rings. The van der Waals surface area contributed by atoms with Crippen molar-refractivity contribution >= 4 is 5.91 Å². The van der Waals surface area contributed by atoms with Crippen molar-refractivity contribution in [3.63, 3.8) is 0 Å². The molecule has 1 amide bonds. The Morgan fingerprint density at radius 1 is 1.79 bits per heavy atom. The first-order valence-electron chi connectivity index (χ1n) is 5.14. The summed E-state index contributed by atoms with van der Waals surface area (Å²) in [7, 11) is 0. The van der Waals surface area contributed by atoms with Gasteiger partial charge >= 0.3 is 0 Å². The molecule has 3 unspecified atom stereocenters. The van der Waals surface area contributed by atoms with Crippen LogP contribution in [-0.4, -0.2) is 42.1 Å². The second kappa shape index (κ2) is 3.84. The summed E-state index contributed by atoms with van der Waals surface area (Å²) in [6, 6.07) is 0.334. The van der Waals surface area contributed by atoms with Crippen LogP contribution in [0, 0.1) is 0 Å². The van der Waals surface area contributed by atoms with Crippen molar-refractivity contribution in [2.75, 3.05) is 13.2 Å². The zero-order valence-electron chi connectivity index (χ0n) is 8.40. The van der Waals surface area contributed by atoms with Gasteiger partial charge in [-0.05, 0) is 12.8 Å². The average molecular weight is 199 g/mol. The van der Waals surface area contributed by atoms with Crippen molar-refractivity contribution in [2.45, 2.75) is 38.0 Å². The molecule has 80 valence electrons. The minimum absolute atomic E-state index is 0.0833. The molecule has 0 aromatic heterocycles. The topological polar surface area (TPSA) is 67.6 Å². The third-order valence-electron chi connectivity index (χ3n) is 3.17. The second-order valence-electron chi connectivity index (χ2n) is 3.97. The maximum absolute atomic E-state index is 11.5. The molecule has 2 heterocycles. The summed E-state index contributed by atoms with van der Waals surface area (Å²) in [5.74, 6) is 5.07. The summed E-state index contributed by atoms with van der Waals surface area (Å²) >= 11 is 0. The molecule has 0 radical (unpaired) electrons. The first kappa shape index (κ1) is 9.89. The molecule has 3 N–H and O–H groups in total. The van der Waals surface area contributed by atoms with Crippen LogP contribution in [0.3, 0.4) is 0 Å². The van der Waals surface area contributed by atoms with Gasteiger partial charge in [-0.3, -0.25) is 15.1 Å². The Bertz CT molecular complexity index is 234. The molecule has 14 heavy (non-hydrogen) atoms.